The first kappa shape index (κ1) is 32.4. The zero-order valence-corrected chi connectivity index (χ0v) is 17.4. The van der Waals surface area contributed by atoms with Crippen LogP contribution >= 0.6 is 0 Å². The predicted molar refractivity (Wildman–Crippen MR) is 87.4 cm³/mol. The average molecular weight is 412 g/mol. The van der Waals surface area contributed by atoms with E-state index in [-0.39, 0.29) is 0 Å². The Morgan fingerprint density at radius 1 is 0.962 bits per heavy atom. The Kier molecular flexibility index (Phi) is 25.0. The third kappa shape index (κ3) is 10.0. The molecule has 2 rings (SSSR count). The van der Waals surface area contributed by atoms with Gasteiger partial charge in [-0.15, -0.1) is 0 Å². The summed E-state index contributed by atoms with van der Waals surface area (Å²) in [6, 6.07) is 0. The monoisotopic (exact) mass is 412 g/mol. The molecule has 2 unspecified atom stereocenters. The van der Waals surface area contributed by atoms with Crippen molar-refractivity contribution in [3.63, 3.8) is 0 Å². The Bertz CT molecular complexity index is 540. The molecule has 6 nitrogen and oxygen atoms in total. The zero-order chi connectivity index (χ0) is 21.9. The molecule has 0 aliphatic heterocycles. The van der Waals surface area contributed by atoms with Gasteiger partial charge in [0.1, 0.15) is 0 Å². The van der Waals surface area contributed by atoms with Crippen molar-refractivity contribution in [1.29, 1.82) is 0 Å². The van der Waals surface area contributed by atoms with Crippen LogP contribution in [0.5, 0.6) is 0 Å². The summed E-state index contributed by atoms with van der Waals surface area (Å²) in [5.41, 5.74) is 1.49. The van der Waals surface area contributed by atoms with E-state index in [0.29, 0.717) is 11.8 Å². The number of hydrogen-bond donors (Lipinski definition) is 0. The van der Waals surface area contributed by atoms with Gasteiger partial charge in [0, 0.05) is 0 Å². The molecule has 0 spiro atoms. The molecule has 0 radical (unpaired) electrons. The molecule has 2 bridgehead atoms. The summed E-state index contributed by atoms with van der Waals surface area (Å²) >= 11 is 3.13. The summed E-state index contributed by atoms with van der Waals surface area (Å²) in [4.78, 5) is 0. The molecule has 0 aromatic heterocycles. The molecule has 0 saturated carbocycles. The van der Waals surface area contributed by atoms with Crippen LogP contribution in [-0.2, 0) is 43.8 Å². The maximum atomic E-state index is 7.50. The van der Waals surface area contributed by atoms with E-state index in [9.17, 15) is 0 Å². The maximum absolute atomic E-state index is 7.50. The zero-order valence-electron chi connectivity index (χ0n) is 15.1. The topological polar surface area (TPSA) is 109 Å². The van der Waals surface area contributed by atoms with Crippen LogP contribution in [0.25, 0.3) is 0 Å². The summed E-state index contributed by atoms with van der Waals surface area (Å²) in [7, 11) is -1.23. The van der Waals surface area contributed by atoms with Gasteiger partial charge >= 0.3 is 164 Å². The summed E-state index contributed by atoms with van der Waals surface area (Å²) in [6.07, 6.45) is 6.05. The predicted octanol–water partition coefficient (Wildman–Crippen LogP) is 2.89. The van der Waals surface area contributed by atoms with Crippen LogP contribution in [0.1, 0.15) is 13.3 Å². The number of ether oxygens (including phenoxy) is 1. The Hall–Kier alpha value is -1.24. The van der Waals surface area contributed by atoms with E-state index in [1.54, 1.807) is 5.20 Å². The fourth-order valence-electron chi connectivity index (χ4n) is 2.96. The van der Waals surface area contributed by atoms with Crippen molar-refractivity contribution in [3.8, 4) is 0 Å². The fourth-order valence-corrected chi connectivity index (χ4v) is 6.13. The van der Waals surface area contributed by atoms with Crippen molar-refractivity contribution < 1.29 is 43.8 Å². The molecule has 2 aliphatic carbocycles. The number of allylic oxidation sites excluding steroid dienone is 3. The van der Waals surface area contributed by atoms with Gasteiger partial charge in [-0.05, 0) is 0 Å². The molecule has 0 aromatic carbocycles. The van der Waals surface area contributed by atoms with Crippen LogP contribution in [0, 0.1) is 45.1 Å². The fraction of sp³-hybridized carbons (Fsp3) is 0.444. The van der Waals surface area contributed by atoms with E-state index in [1.165, 1.54) is 12.0 Å². The Labute approximate surface area is 164 Å². The minimum absolute atomic E-state index is 0.620. The molecule has 0 fully saturated rings. The Morgan fingerprint density at radius 3 is 1.69 bits per heavy atom. The normalized spacial score (nSPS) is 17.6. The quantitative estimate of drug-likeness (QED) is 0.301. The van der Waals surface area contributed by atoms with Gasteiger partial charge in [0.15, 0.2) is 0 Å². The van der Waals surface area contributed by atoms with E-state index in [0.717, 1.165) is 11.2 Å². The first-order valence-corrected chi connectivity index (χ1v) is 11.2. The third-order valence-electron chi connectivity index (χ3n) is 3.42. The van der Waals surface area contributed by atoms with E-state index >= 15 is 0 Å². The number of fused-ring (bicyclic) bond motifs is 2. The van der Waals surface area contributed by atoms with Crippen molar-refractivity contribution in [1.82, 2.24) is 0 Å². The molecule has 0 amide bonds. The van der Waals surface area contributed by atoms with Gasteiger partial charge in [-0.2, -0.15) is 0 Å². The van der Waals surface area contributed by atoms with Crippen molar-refractivity contribution in [2.24, 2.45) is 11.8 Å². The van der Waals surface area contributed by atoms with Crippen LogP contribution in [-0.4, -0.2) is 19.2 Å². The second-order valence-corrected chi connectivity index (χ2v) is 11.2. The van der Waals surface area contributed by atoms with Crippen LogP contribution in [0.4, 0.5) is 0 Å². The molecule has 0 aromatic rings. The molecule has 0 saturated heterocycles. The third-order valence-corrected chi connectivity index (χ3v) is 6.20. The summed E-state index contributed by atoms with van der Waals surface area (Å²) in [6.45, 7) is 32.6. The van der Waals surface area contributed by atoms with Crippen molar-refractivity contribution >= 4 is 12.6 Å². The van der Waals surface area contributed by atoms with Crippen LogP contribution < -0.4 is 0 Å². The standard InChI is InChI=1S/C13H20OSi.5CO.Cr/c1-5-14-9-12-10-6-7-11(8-10)13(12)15(2,3)4;5*1-2;/h6-7,10-11H,5,8H2,1-4H3;;;;;;. The molecule has 2 atom stereocenters. The average Bonchev–Trinajstić information content (AvgIpc) is 3.31. The Balaban J connectivity index is -0.000000210. The van der Waals surface area contributed by atoms with Gasteiger partial charge in [0.2, 0.25) is 0 Å². The molecule has 0 heterocycles. The SMILES string of the molecule is CCO[C](=[Cr])C1=C([Si](C)(C)C)C2C=CC1C2.[C-]#[O+].[C-]#[O+].[C-]#[O+].[C-]#[O+].[C-]#[O+]. The first-order chi connectivity index (χ1) is 12.4. The van der Waals surface area contributed by atoms with E-state index in [1.807, 2.05) is 0 Å². The Morgan fingerprint density at radius 2 is 1.35 bits per heavy atom. The second kappa shape index (κ2) is 20.1. The van der Waals surface area contributed by atoms with Gasteiger partial charge in [-0.25, -0.2) is 0 Å². The van der Waals surface area contributed by atoms with E-state index in [4.69, 9.17) is 28.0 Å². The van der Waals surface area contributed by atoms with Crippen LogP contribution in [0.15, 0.2) is 22.9 Å². The molecule has 0 N–H and O–H groups in total. The van der Waals surface area contributed by atoms with Crippen LogP contribution in [0.2, 0.25) is 19.6 Å². The van der Waals surface area contributed by atoms with Crippen molar-refractivity contribution in [3.05, 3.63) is 56.2 Å². The van der Waals surface area contributed by atoms with Gasteiger partial charge in [0.05, 0.1) is 0 Å². The van der Waals surface area contributed by atoms with Gasteiger partial charge < -0.3 is 0 Å². The molecular weight excluding hydrogens is 392 g/mol. The molecular formula is C18H20CrO6Si. The van der Waals surface area contributed by atoms with Gasteiger partial charge in [-0.1, -0.05) is 0 Å². The number of rotatable bonds is 4. The first-order valence-electron chi connectivity index (χ1n) is 7.07. The molecule has 26 heavy (non-hydrogen) atoms. The van der Waals surface area contributed by atoms with Crippen molar-refractivity contribution in [2.45, 2.75) is 33.0 Å². The molecule has 8 heteroatoms. The van der Waals surface area contributed by atoms with Gasteiger partial charge in [-0.3, -0.25) is 0 Å². The minimum atomic E-state index is -1.23. The van der Waals surface area contributed by atoms with E-state index in [2.05, 4.69) is 87.8 Å². The summed E-state index contributed by atoms with van der Waals surface area (Å²) in [5, 5.41) is 1.71. The summed E-state index contributed by atoms with van der Waals surface area (Å²) in [5.74, 6) is 1.32. The molecule has 2 aliphatic rings. The van der Waals surface area contributed by atoms with Crippen LogP contribution in [0.3, 0.4) is 0 Å². The second-order valence-electron chi connectivity index (χ2n) is 5.63. The number of hydrogen-bond acceptors (Lipinski definition) is 1. The van der Waals surface area contributed by atoms with E-state index < -0.39 is 8.07 Å². The summed E-state index contributed by atoms with van der Waals surface area (Å²) < 4.78 is 44.2. The molecule has 138 valence electrons. The van der Waals surface area contributed by atoms with Gasteiger partial charge in [0.25, 0.3) is 0 Å². The van der Waals surface area contributed by atoms with Crippen molar-refractivity contribution in [2.75, 3.05) is 6.61 Å².